The number of aliphatic hydroxyl groups excluding tert-OH is 1. The number of rotatable bonds is 2. The topological polar surface area (TPSA) is 94.9 Å². The van der Waals surface area contributed by atoms with Gasteiger partial charge in [-0.25, -0.2) is 8.42 Å². The van der Waals surface area contributed by atoms with Gasteiger partial charge in [0.15, 0.2) is 9.84 Å². The summed E-state index contributed by atoms with van der Waals surface area (Å²) in [6, 6.07) is -0.429. The zero-order chi connectivity index (χ0) is 12.6. The van der Waals surface area contributed by atoms with Crippen LogP contribution in [0, 0.1) is 5.92 Å². The van der Waals surface area contributed by atoms with Crippen molar-refractivity contribution < 1.29 is 23.4 Å². The number of hydrogen-bond acceptors (Lipinski definition) is 5. The molecule has 0 amide bonds. The van der Waals surface area contributed by atoms with Gasteiger partial charge in [-0.05, 0) is 19.4 Å². The third kappa shape index (κ3) is 2.78. The zero-order valence-corrected chi connectivity index (χ0v) is 10.3. The van der Waals surface area contributed by atoms with Gasteiger partial charge in [0.2, 0.25) is 0 Å². The molecule has 3 atom stereocenters. The van der Waals surface area contributed by atoms with Crippen molar-refractivity contribution in [3.63, 3.8) is 0 Å². The summed E-state index contributed by atoms with van der Waals surface area (Å²) < 4.78 is 22.8. The number of likely N-dealkylation sites (tertiary alicyclic amines) is 1. The van der Waals surface area contributed by atoms with E-state index in [1.54, 1.807) is 0 Å². The quantitative estimate of drug-likeness (QED) is 0.659. The third-order valence-electron chi connectivity index (χ3n) is 3.56. The van der Waals surface area contributed by atoms with Crippen molar-refractivity contribution >= 4 is 15.8 Å². The molecule has 0 aromatic rings. The molecule has 98 valence electrons. The summed E-state index contributed by atoms with van der Waals surface area (Å²) in [5.41, 5.74) is 0. The van der Waals surface area contributed by atoms with Gasteiger partial charge < -0.3 is 10.2 Å². The molecule has 2 N–H and O–H groups in total. The molecule has 2 saturated heterocycles. The van der Waals surface area contributed by atoms with Crippen LogP contribution in [0.25, 0.3) is 0 Å². The molecule has 2 aliphatic heterocycles. The van der Waals surface area contributed by atoms with Gasteiger partial charge in [-0.2, -0.15) is 0 Å². The summed E-state index contributed by atoms with van der Waals surface area (Å²) in [5.74, 6) is -1.55. The van der Waals surface area contributed by atoms with Gasteiger partial charge in [-0.1, -0.05) is 0 Å². The maximum Gasteiger partial charge on any atom is 0.307 e. The molecule has 2 aliphatic rings. The van der Waals surface area contributed by atoms with Crippen molar-refractivity contribution in [3.8, 4) is 0 Å². The van der Waals surface area contributed by atoms with Crippen LogP contribution < -0.4 is 0 Å². The molecule has 7 heteroatoms. The highest BCUT2D eigenvalue weighted by Gasteiger charge is 2.41. The van der Waals surface area contributed by atoms with E-state index in [1.165, 1.54) is 0 Å². The Morgan fingerprint density at radius 1 is 1.29 bits per heavy atom. The number of carboxylic acids is 1. The molecule has 0 spiro atoms. The van der Waals surface area contributed by atoms with E-state index in [0.29, 0.717) is 19.5 Å². The molecule has 0 radical (unpaired) electrons. The lowest BCUT2D eigenvalue weighted by Gasteiger charge is -2.35. The molecule has 0 aromatic heterocycles. The van der Waals surface area contributed by atoms with E-state index in [9.17, 15) is 18.3 Å². The van der Waals surface area contributed by atoms with Gasteiger partial charge >= 0.3 is 5.97 Å². The number of aliphatic carboxylic acids is 1. The van der Waals surface area contributed by atoms with Gasteiger partial charge in [0.1, 0.15) is 0 Å². The minimum atomic E-state index is -3.17. The van der Waals surface area contributed by atoms with Crippen LogP contribution in [0.2, 0.25) is 0 Å². The van der Waals surface area contributed by atoms with Gasteiger partial charge in [0, 0.05) is 6.54 Å². The second kappa shape index (κ2) is 4.55. The van der Waals surface area contributed by atoms with Gasteiger partial charge in [0.25, 0.3) is 0 Å². The summed E-state index contributed by atoms with van der Waals surface area (Å²) in [6.45, 7) is 1.01. The summed E-state index contributed by atoms with van der Waals surface area (Å²) >= 11 is 0. The van der Waals surface area contributed by atoms with Crippen molar-refractivity contribution in [2.45, 2.75) is 25.0 Å². The molecule has 0 bridgehead atoms. The van der Waals surface area contributed by atoms with Gasteiger partial charge in [-0.15, -0.1) is 0 Å². The zero-order valence-electron chi connectivity index (χ0n) is 9.45. The number of nitrogens with zero attached hydrogens (tertiary/aromatic N) is 1. The normalized spacial score (nSPS) is 38.1. The Bertz CT molecular complexity index is 407. The Kier molecular flexibility index (Phi) is 3.42. The molecular formula is C10H17NO5S. The van der Waals surface area contributed by atoms with E-state index in [2.05, 4.69) is 0 Å². The maximum absolute atomic E-state index is 11.4. The molecule has 6 nitrogen and oxygen atoms in total. The van der Waals surface area contributed by atoms with Crippen LogP contribution >= 0.6 is 0 Å². The molecule has 0 saturated carbocycles. The van der Waals surface area contributed by atoms with Crippen molar-refractivity contribution in [3.05, 3.63) is 0 Å². The minimum absolute atomic E-state index is 0.0551. The van der Waals surface area contributed by atoms with Crippen molar-refractivity contribution in [1.29, 1.82) is 0 Å². The summed E-state index contributed by atoms with van der Waals surface area (Å²) in [6.07, 6.45) is 0.481. The molecule has 2 fully saturated rings. The molecular weight excluding hydrogens is 246 g/mol. The fraction of sp³-hybridized carbons (Fsp3) is 0.900. The van der Waals surface area contributed by atoms with Crippen molar-refractivity contribution in [2.24, 2.45) is 5.92 Å². The number of aliphatic hydroxyl groups is 1. The third-order valence-corrected chi connectivity index (χ3v) is 5.26. The Hall–Kier alpha value is -0.660. The first-order valence-corrected chi connectivity index (χ1v) is 7.56. The average Bonchev–Trinajstić information content (AvgIpc) is 2.52. The van der Waals surface area contributed by atoms with Crippen LogP contribution in [0.15, 0.2) is 0 Å². The smallest absolute Gasteiger partial charge is 0.307 e. The van der Waals surface area contributed by atoms with Crippen molar-refractivity contribution in [2.75, 3.05) is 24.6 Å². The Balaban J connectivity index is 2.05. The van der Waals surface area contributed by atoms with E-state index in [-0.39, 0.29) is 11.5 Å². The molecule has 0 aromatic carbocycles. The standard InChI is InChI=1S/C10H17NO5S/c12-9-6-17(15,16)5-8(9)11-3-1-2-7(4-11)10(13)14/h7-9,12H,1-6H2,(H,13,14). The number of carbonyl (C=O) groups is 1. The lowest BCUT2D eigenvalue weighted by molar-refractivity contribution is -0.144. The fourth-order valence-corrected chi connectivity index (χ4v) is 4.50. The predicted octanol–water partition coefficient (Wildman–Crippen LogP) is -1.06. The second-order valence-corrected chi connectivity index (χ2v) is 7.04. The molecule has 17 heavy (non-hydrogen) atoms. The first-order chi connectivity index (χ1) is 7.89. The predicted molar refractivity (Wildman–Crippen MR) is 60.4 cm³/mol. The van der Waals surface area contributed by atoms with Crippen molar-refractivity contribution in [1.82, 2.24) is 4.90 Å². The lowest BCUT2D eigenvalue weighted by atomic mass is 9.96. The number of carboxylic acid groups (broad SMARTS) is 1. The molecule has 0 aliphatic carbocycles. The Labute approximate surface area is 100 Å². The first-order valence-electron chi connectivity index (χ1n) is 5.74. The van der Waals surface area contributed by atoms with Crippen LogP contribution in [-0.4, -0.2) is 66.2 Å². The maximum atomic E-state index is 11.4. The monoisotopic (exact) mass is 263 g/mol. The van der Waals surface area contributed by atoms with E-state index in [1.807, 2.05) is 4.90 Å². The second-order valence-electron chi connectivity index (χ2n) is 4.88. The SMILES string of the molecule is O=C(O)C1CCCN(C2CS(=O)(=O)CC2O)C1. The van der Waals surface area contributed by atoms with E-state index >= 15 is 0 Å². The van der Waals surface area contributed by atoms with Crippen LogP contribution in [-0.2, 0) is 14.6 Å². The average molecular weight is 263 g/mol. The number of piperidine rings is 1. The summed E-state index contributed by atoms with van der Waals surface area (Å²) in [7, 11) is -3.17. The highest BCUT2D eigenvalue weighted by atomic mass is 32.2. The first kappa shape index (κ1) is 12.8. The van der Waals surface area contributed by atoms with Crippen LogP contribution in [0.3, 0.4) is 0 Å². The lowest BCUT2D eigenvalue weighted by Crippen LogP contribution is -2.49. The number of hydrogen-bond donors (Lipinski definition) is 2. The van der Waals surface area contributed by atoms with Gasteiger partial charge in [0.05, 0.1) is 29.6 Å². The fourth-order valence-electron chi connectivity index (χ4n) is 2.67. The minimum Gasteiger partial charge on any atom is -0.481 e. The van der Waals surface area contributed by atoms with Crippen LogP contribution in [0.5, 0.6) is 0 Å². The summed E-state index contributed by atoms with van der Waals surface area (Å²) in [4.78, 5) is 12.7. The van der Waals surface area contributed by atoms with E-state index < -0.39 is 33.9 Å². The molecule has 2 rings (SSSR count). The highest BCUT2D eigenvalue weighted by Crippen LogP contribution is 2.24. The largest absolute Gasteiger partial charge is 0.481 e. The van der Waals surface area contributed by atoms with Crippen LogP contribution in [0.4, 0.5) is 0 Å². The van der Waals surface area contributed by atoms with Gasteiger partial charge in [-0.3, -0.25) is 9.69 Å². The molecule has 2 heterocycles. The Morgan fingerprint density at radius 3 is 2.53 bits per heavy atom. The Morgan fingerprint density at radius 2 is 2.00 bits per heavy atom. The van der Waals surface area contributed by atoms with Crippen LogP contribution in [0.1, 0.15) is 12.8 Å². The molecule has 3 unspecified atom stereocenters. The summed E-state index contributed by atoms with van der Waals surface area (Å²) in [5, 5.41) is 18.7. The van der Waals surface area contributed by atoms with E-state index in [0.717, 1.165) is 6.42 Å². The highest BCUT2D eigenvalue weighted by molar-refractivity contribution is 7.91. The van der Waals surface area contributed by atoms with E-state index in [4.69, 9.17) is 5.11 Å². The number of sulfone groups is 1.